The summed E-state index contributed by atoms with van der Waals surface area (Å²) in [5, 5.41) is 11.2. The van der Waals surface area contributed by atoms with Crippen LogP contribution >= 0.6 is 0 Å². The Kier molecular flexibility index (Phi) is 4.27. The van der Waals surface area contributed by atoms with Crippen molar-refractivity contribution in [3.63, 3.8) is 0 Å². The predicted molar refractivity (Wildman–Crippen MR) is 77.9 cm³/mol. The number of aromatic nitrogens is 2. The molecular formula is C13H23N5O2. The highest BCUT2D eigenvalue weighted by Crippen LogP contribution is 2.33. The second-order valence-corrected chi connectivity index (χ2v) is 5.48. The van der Waals surface area contributed by atoms with Crippen LogP contribution in [-0.2, 0) is 7.05 Å². The summed E-state index contributed by atoms with van der Waals surface area (Å²) in [7, 11) is 1.84. The van der Waals surface area contributed by atoms with Crippen molar-refractivity contribution in [3.8, 4) is 0 Å². The highest BCUT2D eigenvalue weighted by molar-refractivity contribution is 5.56. The highest BCUT2D eigenvalue weighted by atomic mass is 16.6. The van der Waals surface area contributed by atoms with E-state index >= 15 is 0 Å². The summed E-state index contributed by atoms with van der Waals surface area (Å²) in [4.78, 5) is 17.0. The Hall–Kier alpha value is -1.63. The van der Waals surface area contributed by atoms with E-state index in [1.807, 2.05) is 18.5 Å². The van der Waals surface area contributed by atoms with E-state index in [1.165, 1.54) is 0 Å². The van der Waals surface area contributed by atoms with E-state index in [2.05, 4.69) is 9.88 Å². The van der Waals surface area contributed by atoms with Crippen LogP contribution in [0.4, 0.5) is 11.6 Å². The lowest BCUT2D eigenvalue weighted by Gasteiger charge is -2.36. The van der Waals surface area contributed by atoms with Crippen LogP contribution in [-0.4, -0.2) is 33.1 Å². The van der Waals surface area contributed by atoms with Crippen molar-refractivity contribution < 1.29 is 4.92 Å². The van der Waals surface area contributed by atoms with Gasteiger partial charge in [0.15, 0.2) is 0 Å². The van der Waals surface area contributed by atoms with E-state index in [4.69, 9.17) is 5.73 Å². The Morgan fingerprint density at radius 3 is 2.55 bits per heavy atom. The number of hydrogen-bond donors (Lipinski definition) is 1. The Morgan fingerprint density at radius 1 is 1.45 bits per heavy atom. The molecule has 1 fully saturated rings. The summed E-state index contributed by atoms with van der Waals surface area (Å²) >= 11 is 0. The molecule has 7 heteroatoms. The van der Waals surface area contributed by atoms with Crippen LogP contribution in [0.25, 0.3) is 0 Å². The van der Waals surface area contributed by atoms with Crippen molar-refractivity contribution in [2.24, 2.45) is 12.8 Å². The number of imidazole rings is 1. The van der Waals surface area contributed by atoms with Gasteiger partial charge in [-0.05, 0) is 42.5 Å². The molecule has 0 bridgehead atoms. The lowest BCUT2D eigenvalue weighted by atomic mass is 9.90. The van der Waals surface area contributed by atoms with Gasteiger partial charge in [0.2, 0.25) is 11.6 Å². The molecule has 0 atom stereocenters. The molecule has 0 unspecified atom stereocenters. The largest absolute Gasteiger partial charge is 0.406 e. The third kappa shape index (κ3) is 2.63. The zero-order valence-corrected chi connectivity index (χ0v) is 12.4. The predicted octanol–water partition coefficient (Wildman–Crippen LogP) is 1.73. The zero-order valence-electron chi connectivity index (χ0n) is 12.4. The molecule has 0 aromatic carbocycles. The van der Waals surface area contributed by atoms with Crippen molar-refractivity contribution >= 4 is 11.6 Å². The van der Waals surface area contributed by atoms with Gasteiger partial charge >= 0.3 is 5.82 Å². The fourth-order valence-corrected chi connectivity index (χ4v) is 3.02. The summed E-state index contributed by atoms with van der Waals surface area (Å²) in [5.41, 5.74) is 5.95. The fraction of sp³-hybridized carbons (Fsp3) is 0.769. The van der Waals surface area contributed by atoms with Gasteiger partial charge in [-0.25, -0.2) is 0 Å². The number of anilines is 1. The van der Waals surface area contributed by atoms with Crippen molar-refractivity contribution in [1.29, 1.82) is 0 Å². The summed E-state index contributed by atoms with van der Waals surface area (Å²) in [5.74, 6) is 1.25. The minimum Gasteiger partial charge on any atom is -0.358 e. The van der Waals surface area contributed by atoms with Crippen LogP contribution < -0.4 is 10.6 Å². The SMILES string of the molecule is CCN(c1c([N+](=O)[O-])nc(C)n1C)C1CCC(N)CC1. The summed E-state index contributed by atoms with van der Waals surface area (Å²) in [6, 6.07) is 0.585. The van der Waals surface area contributed by atoms with Crippen LogP contribution in [0.3, 0.4) is 0 Å². The third-order valence-corrected chi connectivity index (χ3v) is 4.24. The number of hydrogen-bond acceptors (Lipinski definition) is 5. The Morgan fingerprint density at radius 2 is 2.05 bits per heavy atom. The number of aryl methyl sites for hydroxylation is 1. The van der Waals surface area contributed by atoms with E-state index in [0.29, 0.717) is 17.7 Å². The molecule has 112 valence electrons. The second-order valence-electron chi connectivity index (χ2n) is 5.48. The van der Waals surface area contributed by atoms with Crippen LogP contribution in [0.5, 0.6) is 0 Å². The van der Waals surface area contributed by atoms with Crippen LogP contribution in [0, 0.1) is 17.0 Å². The van der Waals surface area contributed by atoms with E-state index < -0.39 is 0 Å². The fourth-order valence-electron chi connectivity index (χ4n) is 3.02. The molecule has 2 N–H and O–H groups in total. The molecule has 1 aromatic heterocycles. The van der Waals surface area contributed by atoms with Crippen molar-refractivity contribution in [2.75, 3.05) is 11.4 Å². The normalized spacial score (nSPS) is 22.8. The lowest BCUT2D eigenvalue weighted by molar-refractivity contribution is -0.388. The van der Waals surface area contributed by atoms with Gasteiger partial charge in [0.1, 0.15) is 0 Å². The molecule has 0 saturated heterocycles. The monoisotopic (exact) mass is 281 g/mol. The van der Waals surface area contributed by atoms with Crippen LogP contribution in [0.2, 0.25) is 0 Å². The first-order valence-electron chi connectivity index (χ1n) is 7.15. The molecule has 0 amide bonds. The molecular weight excluding hydrogens is 258 g/mol. The zero-order chi connectivity index (χ0) is 14.9. The first-order valence-corrected chi connectivity index (χ1v) is 7.15. The maximum atomic E-state index is 11.2. The summed E-state index contributed by atoms with van der Waals surface area (Å²) in [6.45, 7) is 4.56. The topological polar surface area (TPSA) is 90.2 Å². The molecule has 0 aliphatic heterocycles. The van der Waals surface area contributed by atoms with E-state index in [9.17, 15) is 10.1 Å². The quantitative estimate of drug-likeness (QED) is 0.670. The summed E-state index contributed by atoms with van der Waals surface area (Å²) in [6.07, 6.45) is 3.92. The average molecular weight is 281 g/mol. The highest BCUT2D eigenvalue weighted by Gasteiger charge is 2.32. The second kappa shape index (κ2) is 5.78. The number of rotatable bonds is 4. The van der Waals surface area contributed by atoms with Crippen LogP contribution in [0.15, 0.2) is 0 Å². The molecule has 1 heterocycles. The number of nitro groups is 1. The van der Waals surface area contributed by atoms with Crippen molar-refractivity contribution in [1.82, 2.24) is 9.55 Å². The van der Waals surface area contributed by atoms with Crippen LogP contribution in [0.1, 0.15) is 38.4 Å². The lowest BCUT2D eigenvalue weighted by Crippen LogP contribution is -2.42. The first-order chi connectivity index (χ1) is 9.45. The van der Waals surface area contributed by atoms with Crippen molar-refractivity contribution in [2.45, 2.75) is 51.6 Å². The Labute approximate surface area is 118 Å². The van der Waals surface area contributed by atoms with Gasteiger partial charge in [-0.15, -0.1) is 0 Å². The Balaban J connectivity index is 2.34. The molecule has 1 saturated carbocycles. The van der Waals surface area contributed by atoms with Crippen molar-refractivity contribution in [3.05, 3.63) is 15.9 Å². The molecule has 1 aliphatic carbocycles. The smallest absolute Gasteiger partial charge is 0.358 e. The van der Waals surface area contributed by atoms with E-state index in [1.54, 1.807) is 6.92 Å². The molecule has 0 spiro atoms. The summed E-state index contributed by atoms with van der Waals surface area (Å²) < 4.78 is 1.82. The average Bonchev–Trinajstić information content (AvgIpc) is 2.70. The molecule has 1 aliphatic rings. The van der Waals surface area contributed by atoms with Gasteiger partial charge in [-0.3, -0.25) is 4.57 Å². The molecule has 2 rings (SSSR count). The van der Waals surface area contributed by atoms with E-state index in [0.717, 1.165) is 32.2 Å². The maximum Gasteiger partial charge on any atom is 0.406 e. The van der Waals surface area contributed by atoms with Gasteiger partial charge in [-0.2, -0.15) is 0 Å². The minimum absolute atomic E-state index is 0.0401. The minimum atomic E-state index is -0.389. The molecule has 20 heavy (non-hydrogen) atoms. The van der Waals surface area contributed by atoms with Gasteiger partial charge in [-0.1, -0.05) is 0 Å². The Bertz CT molecular complexity index is 491. The van der Waals surface area contributed by atoms with Gasteiger partial charge in [0.25, 0.3) is 0 Å². The van der Waals surface area contributed by atoms with Gasteiger partial charge < -0.3 is 20.7 Å². The van der Waals surface area contributed by atoms with Gasteiger partial charge in [0, 0.05) is 32.6 Å². The molecule has 1 aromatic rings. The van der Waals surface area contributed by atoms with Gasteiger partial charge in [0.05, 0.1) is 0 Å². The standard InChI is InChI=1S/C13H23N5O2/c1-4-17(11-7-5-10(14)6-8-11)13-12(18(19)20)15-9(2)16(13)3/h10-11H,4-8,14H2,1-3H3. The molecule has 0 radical (unpaired) electrons. The molecule has 7 nitrogen and oxygen atoms in total. The number of nitrogens with zero attached hydrogens (tertiary/aromatic N) is 4. The maximum absolute atomic E-state index is 11.2. The number of nitrogens with two attached hydrogens (primary N) is 1. The third-order valence-electron chi connectivity index (χ3n) is 4.24. The van der Waals surface area contributed by atoms with E-state index in [-0.39, 0.29) is 16.8 Å². The first kappa shape index (κ1) is 14.8.